The predicted octanol–water partition coefficient (Wildman–Crippen LogP) is 3.81. The number of imidazole rings is 1. The number of rotatable bonds is 7. The summed E-state index contributed by atoms with van der Waals surface area (Å²) in [6.45, 7) is 0.759. The van der Waals surface area contributed by atoms with Crippen LogP contribution in [0.15, 0.2) is 84.9 Å². The molecule has 1 heterocycles. The van der Waals surface area contributed by atoms with Crippen LogP contribution in [0.3, 0.4) is 0 Å². The van der Waals surface area contributed by atoms with E-state index in [9.17, 15) is 4.79 Å². The summed E-state index contributed by atoms with van der Waals surface area (Å²) in [5.74, 6) is 0.608. The molecule has 1 aromatic heterocycles. The molecular formula is C25H24N3O2+. The molecule has 150 valence electrons. The molecule has 4 rings (SSSR count). The fraction of sp³-hybridized carbons (Fsp3) is 0.120. The molecule has 0 aliphatic rings. The number of aryl methyl sites for hydroxylation is 2. The molecule has 0 saturated carbocycles. The highest BCUT2D eigenvalue weighted by atomic mass is 16.5. The Balaban J connectivity index is 1.70. The van der Waals surface area contributed by atoms with Crippen molar-refractivity contribution in [2.75, 3.05) is 0 Å². The zero-order valence-corrected chi connectivity index (χ0v) is 16.6. The number of hydrogen-bond acceptors (Lipinski definition) is 2. The van der Waals surface area contributed by atoms with Crippen LogP contribution in [0.2, 0.25) is 0 Å². The van der Waals surface area contributed by atoms with Crippen LogP contribution in [0, 0.1) is 0 Å². The molecule has 0 atom stereocenters. The number of H-pyrrole nitrogens is 1. The molecule has 5 heteroatoms. The van der Waals surface area contributed by atoms with Crippen LogP contribution >= 0.6 is 0 Å². The van der Waals surface area contributed by atoms with Crippen molar-refractivity contribution in [2.24, 2.45) is 0 Å². The first kappa shape index (κ1) is 19.6. The molecule has 0 unspecified atom stereocenters. The van der Waals surface area contributed by atoms with Crippen LogP contribution < -0.4 is 10.0 Å². The molecule has 0 saturated heterocycles. The van der Waals surface area contributed by atoms with Gasteiger partial charge in [-0.1, -0.05) is 66.7 Å². The van der Waals surface area contributed by atoms with Crippen molar-refractivity contribution >= 4 is 23.0 Å². The van der Waals surface area contributed by atoms with E-state index >= 15 is 0 Å². The maximum Gasteiger partial charge on any atom is 0.267 e. The average Bonchev–Trinajstić information content (AvgIpc) is 3.14. The van der Waals surface area contributed by atoms with Crippen molar-refractivity contribution in [2.45, 2.75) is 19.4 Å². The Bertz CT molecular complexity index is 1170. The summed E-state index contributed by atoms with van der Waals surface area (Å²) >= 11 is 0. The molecule has 1 amide bonds. The number of aromatic nitrogens is 2. The number of benzene rings is 3. The highest BCUT2D eigenvalue weighted by molar-refractivity contribution is 5.91. The fourth-order valence-corrected chi connectivity index (χ4v) is 3.61. The molecule has 0 spiro atoms. The third-order valence-electron chi connectivity index (χ3n) is 5.13. The molecule has 0 bridgehead atoms. The van der Waals surface area contributed by atoms with Crippen LogP contribution in [-0.4, -0.2) is 16.1 Å². The highest BCUT2D eigenvalue weighted by Crippen LogP contribution is 2.16. The standard InChI is InChI=1S/C25H23N3O2/c29-25(27-30)16-13-20-11-14-22-23(17-20)28(18-21-9-5-2-6-10-21)24(26-22)15-12-19-7-3-1-4-8-19/h1-11,13-14,16-17H,12,15,18H2,(H2,27,29,30)/p+1. The quantitative estimate of drug-likeness (QED) is 0.192. The number of hydrogen-bond donors (Lipinski definition) is 3. The molecule has 30 heavy (non-hydrogen) atoms. The van der Waals surface area contributed by atoms with Gasteiger partial charge < -0.3 is 0 Å². The Hall–Kier alpha value is -3.70. The first-order chi connectivity index (χ1) is 14.7. The number of fused-ring (bicyclic) bond motifs is 1. The molecule has 5 nitrogen and oxygen atoms in total. The van der Waals surface area contributed by atoms with E-state index in [4.69, 9.17) is 5.21 Å². The van der Waals surface area contributed by atoms with Gasteiger partial charge in [-0.2, -0.15) is 0 Å². The molecule has 4 aromatic rings. The lowest BCUT2D eigenvalue weighted by Gasteiger charge is -2.04. The van der Waals surface area contributed by atoms with Crippen molar-refractivity contribution in [3.63, 3.8) is 0 Å². The van der Waals surface area contributed by atoms with Crippen LogP contribution in [0.1, 0.15) is 22.5 Å². The van der Waals surface area contributed by atoms with E-state index in [2.05, 4.69) is 64.1 Å². The minimum Gasteiger partial charge on any atom is -0.288 e. The van der Waals surface area contributed by atoms with Crippen LogP contribution in [0.5, 0.6) is 0 Å². The minimum atomic E-state index is -0.551. The normalized spacial score (nSPS) is 11.2. The molecule has 0 fully saturated rings. The van der Waals surface area contributed by atoms with Gasteiger partial charge in [0.05, 0.1) is 6.42 Å². The summed E-state index contributed by atoms with van der Waals surface area (Å²) in [6.07, 6.45) is 4.84. The molecule has 0 aliphatic carbocycles. The number of aromatic amines is 1. The molecule has 0 radical (unpaired) electrons. The highest BCUT2D eigenvalue weighted by Gasteiger charge is 2.19. The van der Waals surface area contributed by atoms with Gasteiger partial charge in [-0.05, 0) is 41.3 Å². The number of carbonyl (C=O) groups excluding carboxylic acids is 1. The lowest BCUT2D eigenvalue weighted by atomic mass is 10.1. The number of nitrogens with one attached hydrogen (secondary N) is 2. The number of nitrogens with zero attached hydrogens (tertiary/aromatic N) is 1. The largest absolute Gasteiger partial charge is 0.288 e. The molecule has 3 aromatic carbocycles. The van der Waals surface area contributed by atoms with Crippen LogP contribution in [0.25, 0.3) is 17.1 Å². The Morgan fingerprint density at radius 1 is 0.933 bits per heavy atom. The number of carbonyl (C=O) groups is 1. The first-order valence-electron chi connectivity index (χ1n) is 9.97. The Kier molecular flexibility index (Phi) is 6.01. The first-order valence-corrected chi connectivity index (χ1v) is 9.97. The lowest BCUT2D eigenvalue weighted by molar-refractivity contribution is -0.670. The Morgan fingerprint density at radius 3 is 2.33 bits per heavy atom. The van der Waals surface area contributed by atoms with E-state index in [1.165, 1.54) is 17.2 Å². The van der Waals surface area contributed by atoms with Crippen molar-refractivity contribution < 1.29 is 14.6 Å². The third-order valence-corrected chi connectivity index (χ3v) is 5.13. The summed E-state index contributed by atoms with van der Waals surface area (Å²) in [5, 5.41) is 8.69. The Labute approximate surface area is 175 Å². The zero-order chi connectivity index (χ0) is 20.8. The maximum absolute atomic E-state index is 11.3. The Morgan fingerprint density at radius 2 is 1.63 bits per heavy atom. The van der Waals surface area contributed by atoms with E-state index in [1.807, 2.05) is 24.3 Å². The zero-order valence-electron chi connectivity index (χ0n) is 16.6. The second-order valence-electron chi connectivity index (χ2n) is 7.22. The van der Waals surface area contributed by atoms with Crippen molar-refractivity contribution in [3.8, 4) is 0 Å². The van der Waals surface area contributed by atoms with E-state index in [1.54, 1.807) is 11.6 Å². The molecule has 3 N–H and O–H groups in total. The number of hydroxylamine groups is 1. The summed E-state index contributed by atoms with van der Waals surface area (Å²) in [7, 11) is 0. The van der Waals surface area contributed by atoms with E-state index in [0.717, 1.165) is 41.8 Å². The average molecular weight is 398 g/mol. The van der Waals surface area contributed by atoms with Gasteiger partial charge in [-0.25, -0.2) is 15.0 Å². The lowest BCUT2D eigenvalue weighted by Crippen LogP contribution is -2.38. The molecule has 0 aliphatic heterocycles. The SMILES string of the molecule is O=C(C=Cc1ccc2[nH]c(CCc3ccccc3)[n+](Cc3ccccc3)c2c1)NO. The second kappa shape index (κ2) is 9.20. The fourth-order valence-electron chi connectivity index (χ4n) is 3.61. The van der Waals surface area contributed by atoms with Crippen molar-refractivity contribution in [1.82, 2.24) is 10.5 Å². The van der Waals surface area contributed by atoms with E-state index in [0.29, 0.717) is 0 Å². The van der Waals surface area contributed by atoms with Crippen molar-refractivity contribution in [3.05, 3.63) is 107 Å². The van der Waals surface area contributed by atoms with Gasteiger partial charge in [0.1, 0.15) is 6.54 Å². The summed E-state index contributed by atoms with van der Waals surface area (Å²) < 4.78 is 2.30. The van der Waals surface area contributed by atoms with E-state index < -0.39 is 5.91 Å². The third kappa shape index (κ3) is 4.64. The number of amides is 1. The van der Waals surface area contributed by atoms with Crippen molar-refractivity contribution in [1.29, 1.82) is 0 Å². The topological polar surface area (TPSA) is 69.0 Å². The van der Waals surface area contributed by atoms with Crippen LogP contribution in [0.4, 0.5) is 0 Å². The van der Waals surface area contributed by atoms with E-state index in [-0.39, 0.29) is 0 Å². The second-order valence-corrected chi connectivity index (χ2v) is 7.22. The monoisotopic (exact) mass is 398 g/mol. The van der Waals surface area contributed by atoms with Gasteiger partial charge in [-0.15, -0.1) is 0 Å². The van der Waals surface area contributed by atoms with Gasteiger partial charge >= 0.3 is 0 Å². The molecular weight excluding hydrogens is 374 g/mol. The van der Waals surface area contributed by atoms with Gasteiger partial charge in [0.2, 0.25) is 0 Å². The smallest absolute Gasteiger partial charge is 0.267 e. The summed E-state index contributed by atoms with van der Waals surface area (Å²) in [6, 6.07) is 26.9. The van der Waals surface area contributed by atoms with Gasteiger partial charge in [0.25, 0.3) is 11.7 Å². The van der Waals surface area contributed by atoms with Gasteiger partial charge in [0, 0.05) is 6.08 Å². The van der Waals surface area contributed by atoms with Gasteiger partial charge in [-0.3, -0.25) is 10.0 Å². The van der Waals surface area contributed by atoms with Crippen LogP contribution in [-0.2, 0) is 24.2 Å². The summed E-state index contributed by atoms with van der Waals surface area (Å²) in [5.41, 5.74) is 7.17. The summed E-state index contributed by atoms with van der Waals surface area (Å²) in [4.78, 5) is 14.9. The maximum atomic E-state index is 11.3. The predicted molar refractivity (Wildman–Crippen MR) is 117 cm³/mol. The minimum absolute atomic E-state index is 0.551. The van der Waals surface area contributed by atoms with Gasteiger partial charge in [0.15, 0.2) is 11.0 Å².